The second kappa shape index (κ2) is 6.63. The molecule has 0 bridgehead atoms. The summed E-state index contributed by atoms with van der Waals surface area (Å²) in [5.74, 6) is 0.615. The Bertz CT molecular complexity index is 886. The minimum absolute atomic E-state index is 0.100. The molecule has 0 amide bonds. The van der Waals surface area contributed by atoms with Crippen molar-refractivity contribution in [1.29, 1.82) is 0 Å². The maximum Gasteiger partial charge on any atom is 0.185 e. The molecule has 1 heterocycles. The number of carbonyl (C=O) groups is 1. The van der Waals surface area contributed by atoms with E-state index in [4.69, 9.17) is 16.3 Å². The van der Waals surface area contributed by atoms with Crippen LogP contribution in [0.3, 0.4) is 0 Å². The summed E-state index contributed by atoms with van der Waals surface area (Å²) in [5.41, 5.74) is 2.13. The number of halogens is 1. The van der Waals surface area contributed by atoms with Crippen LogP contribution < -0.4 is 4.74 Å². The molecule has 0 saturated carbocycles. The van der Waals surface area contributed by atoms with Crippen LogP contribution in [0.15, 0.2) is 60.7 Å². The maximum atomic E-state index is 12.2. The van der Waals surface area contributed by atoms with E-state index in [1.807, 2.05) is 30.3 Å². The van der Waals surface area contributed by atoms with Crippen molar-refractivity contribution in [3.8, 4) is 5.75 Å². The first-order chi connectivity index (χ1) is 11.2. The van der Waals surface area contributed by atoms with Crippen LogP contribution >= 0.6 is 11.6 Å². The fourth-order valence-corrected chi connectivity index (χ4v) is 2.45. The Labute approximate surface area is 139 Å². The monoisotopic (exact) mass is 323 g/mol. The Kier molecular flexibility index (Phi) is 4.40. The first-order valence-corrected chi connectivity index (χ1v) is 7.47. The first-order valence-electron chi connectivity index (χ1n) is 7.09. The van der Waals surface area contributed by atoms with E-state index in [2.05, 4.69) is 4.98 Å². The van der Waals surface area contributed by atoms with E-state index in [1.165, 1.54) is 6.08 Å². The van der Waals surface area contributed by atoms with E-state index in [0.29, 0.717) is 22.0 Å². The van der Waals surface area contributed by atoms with E-state index in [1.54, 1.807) is 37.5 Å². The Morgan fingerprint density at radius 1 is 1.13 bits per heavy atom. The molecule has 0 saturated heterocycles. The number of para-hydroxylation sites is 1. The van der Waals surface area contributed by atoms with Crippen molar-refractivity contribution >= 4 is 34.4 Å². The molecular formula is C19H14ClNO2. The number of aromatic nitrogens is 1. The molecule has 114 valence electrons. The van der Waals surface area contributed by atoms with E-state index < -0.39 is 0 Å². The van der Waals surface area contributed by atoms with E-state index in [-0.39, 0.29) is 5.78 Å². The summed E-state index contributed by atoms with van der Waals surface area (Å²) in [4.78, 5) is 16.5. The average molecular weight is 324 g/mol. The second-order valence-corrected chi connectivity index (χ2v) is 5.35. The number of benzene rings is 2. The third-order valence-electron chi connectivity index (χ3n) is 3.49. The summed E-state index contributed by atoms with van der Waals surface area (Å²) >= 11 is 6.18. The normalized spacial score (nSPS) is 11.0. The molecule has 2 aromatic carbocycles. The number of hydrogen-bond donors (Lipinski definition) is 0. The van der Waals surface area contributed by atoms with Gasteiger partial charge in [0, 0.05) is 16.5 Å². The predicted octanol–water partition coefficient (Wildman–Crippen LogP) is 4.79. The standard InChI is InChI=1S/C19H14ClNO2/c1-23-16-9-6-13(7-10-16)18(22)11-8-15-12-14-4-2-3-5-17(14)21-19(15)20/h2-12H,1H3. The van der Waals surface area contributed by atoms with Crippen molar-refractivity contribution in [2.75, 3.05) is 7.11 Å². The molecule has 0 aliphatic rings. The van der Waals surface area contributed by atoms with E-state index in [9.17, 15) is 4.79 Å². The van der Waals surface area contributed by atoms with Gasteiger partial charge in [0.15, 0.2) is 5.78 Å². The van der Waals surface area contributed by atoms with Gasteiger partial charge < -0.3 is 4.74 Å². The van der Waals surface area contributed by atoms with Gasteiger partial charge in [-0.25, -0.2) is 4.98 Å². The van der Waals surface area contributed by atoms with Crippen molar-refractivity contribution < 1.29 is 9.53 Å². The fraction of sp³-hybridized carbons (Fsp3) is 0.0526. The molecule has 23 heavy (non-hydrogen) atoms. The molecule has 4 heteroatoms. The van der Waals surface area contributed by atoms with Crippen LogP contribution in [0.2, 0.25) is 5.15 Å². The summed E-state index contributed by atoms with van der Waals surface area (Å²) in [7, 11) is 1.59. The fourth-order valence-electron chi connectivity index (χ4n) is 2.24. The summed E-state index contributed by atoms with van der Waals surface area (Å²) < 4.78 is 5.08. The Hall–Kier alpha value is -2.65. The zero-order valence-electron chi connectivity index (χ0n) is 12.5. The molecule has 3 rings (SSSR count). The van der Waals surface area contributed by atoms with Gasteiger partial charge in [-0.05, 0) is 48.6 Å². The third-order valence-corrected chi connectivity index (χ3v) is 3.80. The van der Waals surface area contributed by atoms with Gasteiger partial charge in [-0.1, -0.05) is 29.8 Å². The van der Waals surface area contributed by atoms with Gasteiger partial charge in [-0.3, -0.25) is 4.79 Å². The molecule has 0 radical (unpaired) electrons. The molecular weight excluding hydrogens is 310 g/mol. The van der Waals surface area contributed by atoms with E-state index >= 15 is 0 Å². The molecule has 3 aromatic rings. The molecule has 0 spiro atoms. The number of carbonyl (C=O) groups excluding carboxylic acids is 1. The van der Waals surface area contributed by atoms with Gasteiger partial charge in [-0.15, -0.1) is 0 Å². The molecule has 0 aliphatic heterocycles. The largest absolute Gasteiger partial charge is 0.497 e. The second-order valence-electron chi connectivity index (χ2n) is 4.99. The predicted molar refractivity (Wildman–Crippen MR) is 93.1 cm³/mol. The van der Waals surface area contributed by atoms with Crippen LogP contribution in [0.1, 0.15) is 15.9 Å². The van der Waals surface area contributed by atoms with Gasteiger partial charge in [0.05, 0.1) is 12.6 Å². The van der Waals surface area contributed by atoms with Crippen LogP contribution in [0.25, 0.3) is 17.0 Å². The third kappa shape index (κ3) is 3.41. The lowest BCUT2D eigenvalue weighted by Gasteiger charge is -2.02. The molecule has 1 aromatic heterocycles. The van der Waals surface area contributed by atoms with Crippen LogP contribution in [-0.2, 0) is 0 Å². The van der Waals surface area contributed by atoms with Gasteiger partial charge in [0.25, 0.3) is 0 Å². The summed E-state index contributed by atoms with van der Waals surface area (Å²) in [6.07, 6.45) is 3.19. The van der Waals surface area contributed by atoms with Gasteiger partial charge in [0.2, 0.25) is 0 Å². The lowest BCUT2D eigenvalue weighted by Crippen LogP contribution is -1.94. The average Bonchev–Trinajstić information content (AvgIpc) is 2.59. The Morgan fingerprint density at radius 3 is 2.61 bits per heavy atom. The quantitative estimate of drug-likeness (QED) is 0.393. The molecule has 0 fully saturated rings. The van der Waals surface area contributed by atoms with Crippen molar-refractivity contribution in [2.45, 2.75) is 0 Å². The van der Waals surface area contributed by atoms with Crippen molar-refractivity contribution in [3.05, 3.63) is 77.0 Å². The van der Waals surface area contributed by atoms with Crippen LogP contribution in [0, 0.1) is 0 Å². The zero-order chi connectivity index (χ0) is 16.2. The highest BCUT2D eigenvalue weighted by molar-refractivity contribution is 6.31. The lowest BCUT2D eigenvalue weighted by molar-refractivity contribution is 0.104. The molecule has 3 nitrogen and oxygen atoms in total. The van der Waals surface area contributed by atoms with Gasteiger partial charge in [-0.2, -0.15) is 0 Å². The van der Waals surface area contributed by atoms with Gasteiger partial charge in [0.1, 0.15) is 10.9 Å². The van der Waals surface area contributed by atoms with E-state index in [0.717, 1.165) is 10.9 Å². The topological polar surface area (TPSA) is 39.2 Å². The number of pyridine rings is 1. The van der Waals surface area contributed by atoms with Crippen molar-refractivity contribution in [1.82, 2.24) is 4.98 Å². The Morgan fingerprint density at radius 2 is 1.87 bits per heavy atom. The van der Waals surface area contributed by atoms with Crippen LogP contribution in [-0.4, -0.2) is 17.9 Å². The first kappa shape index (κ1) is 15.3. The highest BCUT2D eigenvalue weighted by Crippen LogP contribution is 2.22. The molecule has 0 aliphatic carbocycles. The molecule has 0 N–H and O–H groups in total. The molecule has 0 unspecified atom stereocenters. The number of hydrogen-bond acceptors (Lipinski definition) is 3. The van der Waals surface area contributed by atoms with Crippen LogP contribution in [0.4, 0.5) is 0 Å². The highest BCUT2D eigenvalue weighted by atomic mass is 35.5. The van der Waals surface area contributed by atoms with Crippen LogP contribution in [0.5, 0.6) is 5.75 Å². The minimum Gasteiger partial charge on any atom is -0.497 e. The minimum atomic E-state index is -0.100. The van der Waals surface area contributed by atoms with Crippen molar-refractivity contribution in [3.63, 3.8) is 0 Å². The zero-order valence-corrected chi connectivity index (χ0v) is 13.2. The number of nitrogens with zero attached hydrogens (tertiary/aromatic N) is 1. The van der Waals surface area contributed by atoms with Gasteiger partial charge >= 0.3 is 0 Å². The smallest absolute Gasteiger partial charge is 0.185 e. The number of fused-ring (bicyclic) bond motifs is 1. The SMILES string of the molecule is COc1ccc(C(=O)C=Cc2cc3ccccc3nc2Cl)cc1. The maximum absolute atomic E-state index is 12.2. The summed E-state index contributed by atoms with van der Waals surface area (Å²) in [5, 5.41) is 1.36. The lowest BCUT2D eigenvalue weighted by atomic mass is 10.1. The van der Waals surface area contributed by atoms with Crippen molar-refractivity contribution in [2.24, 2.45) is 0 Å². The number of methoxy groups -OCH3 is 1. The number of rotatable bonds is 4. The number of ketones is 1. The molecule has 0 atom stereocenters. The number of ether oxygens (including phenoxy) is 1. The number of allylic oxidation sites excluding steroid dienone is 1. The summed E-state index contributed by atoms with van der Waals surface area (Å²) in [6, 6.07) is 16.6. The Balaban J connectivity index is 1.86. The summed E-state index contributed by atoms with van der Waals surface area (Å²) in [6.45, 7) is 0. The highest BCUT2D eigenvalue weighted by Gasteiger charge is 2.05.